The molecule has 2 aromatic rings. The van der Waals surface area contributed by atoms with Gasteiger partial charge in [-0.1, -0.05) is 18.2 Å². The summed E-state index contributed by atoms with van der Waals surface area (Å²) in [6.45, 7) is 4.85. The van der Waals surface area contributed by atoms with Gasteiger partial charge in [-0.15, -0.1) is 0 Å². The van der Waals surface area contributed by atoms with Gasteiger partial charge in [0.2, 0.25) is 10.0 Å². The Morgan fingerprint density at radius 2 is 1.84 bits per heavy atom. The number of hydrogen-bond acceptors (Lipinski definition) is 5. The Hall–Kier alpha value is -2.22. The Kier molecular flexibility index (Phi) is 6.74. The summed E-state index contributed by atoms with van der Waals surface area (Å²) in [5, 5.41) is 0. The molecule has 31 heavy (non-hydrogen) atoms. The molecule has 0 aromatic heterocycles. The van der Waals surface area contributed by atoms with Crippen LogP contribution in [0.3, 0.4) is 0 Å². The molecule has 1 N–H and O–H groups in total. The van der Waals surface area contributed by atoms with E-state index in [2.05, 4.69) is 9.62 Å². The third-order valence-corrected chi connectivity index (χ3v) is 7.63. The standard InChI is InChI=1S/C24H30N2O4S/c1-18-5-2-3-6-23(18)31(28,29)25-21-13-15-26(17-21)14-4-16-30-22-11-9-20(10-12-22)24(27)19-7-8-19/h2-3,5-6,9-12,19,21,25H,4,7-8,13-17H2,1H3/t21-/m0/s1. The van der Waals surface area contributed by atoms with Crippen molar-refractivity contribution in [2.24, 2.45) is 5.92 Å². The van der Waals surface area contributed by atoms with Gasteiger partial charge in [0.1, 0.15) is 5.75 Å². The normalized spacial score (nSPS) is 19.5. The van der Waals surface area contributed by atoms with Crippen molar-refractivity contribution in [1.29, 1.82) is 0 Å². The largest absolute Gasteiger partial charge is 0.494 e. The average Bonchev–Trinajstić information content (AvgIpc) is 3.52. The number of hydrogen-bond donors (Lipinski definition) is 1. The van der Waals surface area contributed by atoms with Gasteiger partial charge in [0.05, 0.1) is 11.5 Å². The Bertz CT molecular complexity index is 1020. The van der Waals surface area contributed by atoms with Crippen molar-refractivity contribution in [3.63, 3.8) is 0 Å². The second kappa shape index (κ2) is 9.51. The minimum Gasteiger partial charge on any atom is -0.494 e. The lowest BCUT2D eigenvalue weighted by Crippen LogP contribution is -2.37. The van der Waals surface area contributed by atoms with Gasteiger partial charge in [-0.3, -0.25) is 4.79 Å². The molecule has 6 nitrogen and oxygen atoms in total. The SMILES string of the molecule is Cc1ccccc1S(=O)(=O)N[C@H]1CCN(CCCOc2ccc(C(=O)C3CC3)cc2)C1. The van der Waals surface area contributed by atoms with Crippen molar-refractivity contribution in [3.05, 3.63) is 59.7 Å². The summed E-state index contributed by atoms with van der Waals surface area (Å²) in [4.78, 5) is 14.7. The lowest BCUT2D eigenvalue weighted by atomic mass is 10.1. The average molecular weight is 443 g/mol. The Labute approximate surface area is 184 Å². The summed E-state index contributed by atoms with van der Waals surface area (Å²) in [6.07, 6.45) is 3.70. The van der Waals surface area contributed by atoms with Gasteiger partial charge in [-0.2, -0.15) is 0 Å². The predicted octanol–water partition coefficient (Wildman–Crippen LogP) is 3.41. The minimum atomic E-state index is -3.50. The molecule has 2 aromatic carbocycles. The van der Waals surface area contributed by atoms with E-state index in [9.17, 15) is 13.2 Å². The number of benzene rings is 2. The summed E-state index contributed by atoms with van der Waals surface area (Å²) in [5.41, 5.74) is 1.53. The number of nitrogens with zero attached hydrogens (tertiary/aromatic N) is 1. The smallest absolute Gasteiger partial charge is 0.241 e. The molecule has 1 saturated carbocycles. The van der Waals surface area contributed by atoms with E-state index in [-0.39, 0.29) is 17.7 Å². The molecule has 166 valence electrons. The first kappa shape index (κ1) is 22.0. The minimum absolute atomic E-state index is 0.0675. The lowest BCUT2D eigenvalue weighted by molar-refractivity contribution is 0.0967. The molecule has 4 rings (SSSR count). The van der Waals surface area contributed by atoms with E-state index in [4.69, 9.17) is 4.74 Å². The lowest BCUT2D eigenvalue weighted by Gasteiger charge is -2.17. The topological polar surface area (TPSA) is 75.7 Å². The first-order valence-electron chi connectivity index (χ1n) is 11.0. The Balaban J connectivity index is 1.18. The van der Waals surface area contributed by atoms with E-state index < -0.39 is 10.0 Å². The van der Waals surface area contributed by atoms with Gasteiger partial charge < -0.3 is 9.64 Å². The molecule has 1 atom stereocenters. The molecule has 0 amide bonds. The number of ketones is 1. The molecule has 2 fully saturated rings. The van der Waals surface area contributed by atoms with Gasteiger partial charge in [-0.25, -0.2) is 13.1 Å². The van der Waals surface area contributed by atoms with Crippen molar-refractivity contribution < 1.29 is 17.9 Å². The van der Waals surface area contributed by atoms with Gasteiger partial charge in [0.25, 0.3) is 0 Å². The second-order valence-corrected chi connectivity index (χ2v) is 10.2. The zero-order valence-corrected chi connectivity index (χ0v) is 18.7. The molecule has 1 heterocycles. The molecule has 1 aliphatic carbocycles. The molecule has 1 saturated heterocycles. The summed E-state index contributed by atoms with van der Waals surface area (Å²) >= 11 is 0. The third kappa shape index (κ3) is 5.73. The van der Waals surface area contributed by atoms with Crippen LogP contribution in [0, 0.1) is 12.8 Å². The second-order valence-electron chi connectivity index (χ2n) is 8.54. The summed E-state index contributed by atoms with van der Waals surface area (Å²) in [5.74, 6) is 1.25. The van der Waals surface area contributed by atoms with Crippen LogP contribution in [0.15, 0.2) is 53.4 Å². The molecule has 2 aliphatic rings. The molecule has 7 heteroatoms. The van der Waals surface area contributed by atoms with Crippen molar-refractivity contribution in [2.45, 2.75) is 43.5 Å². The zero-order valence-electron chi connectivity index (χ0n) is 17.9. The Morgan fingerprint density at radius 3 is 2.55 bits per heavy atom. The highest BCUT2D eigenvalue weighted by Gasteiger charge is 2.30. The van der Waals surface area contributed by atoms with Crippen molar-refractivity contribution >= 4 is 15.8 Å². The van der Waals surface area contributed by atoms with Gasteiger partial charge in [-0.05, 0) is 75.0 Å². The number of aryl methyl sites for hydroxylation is 1. The maximum atomic E-state index is 12.7. The highest BCUT2D eigenvalue weighted by atomic mass is 32.2. The number of ether oxygens (including phenoxy) is 1. The van der Waals surface area contributed by atoms with E-state index in [0.29, 0.717) is 18.0 Å². The summed E-state index contributed by atoms with van der Waals surface area (Å²) < 4.78 is 34.0. The highest BCUT2D eigenvalue weighted by Crippen LogP contribution is 2.32. The first-order valence-corrected chi connectivity index (χ1v) is 12.5. The van der Waals surface area contributed by atoms with Crippen LogP contribution in [0.4, 0.5) is 0 Å². The van der Waals surface area contributed by atoms with Crippen LogP contribution in [0.1, 0.15) is 41.6 Å². The summed E-state index contributed by atoms with van der Waals surface area (Å²) in [6, 6.07) is 14.4. The van der Waals surface area contributed by atoms with Crippen LogP contribution >= 0.6 is 0 Å². The van der Waals surface area contributed by atoms with Crippen molar-refractivity contribution in [1.82, 2.24) is 9.62 Å². The molecule has 0 bridgehead atoms. The van der Waals surface area contributed by atoms with Crippen LogP contribution in [0.5, 0.6) is 5.75 Å². The van der Waals surface area contributed by atoms with E-state index in [0.717, 1.165) is 55.6 Å². The first-order chi connectivity index (χ1) is 14.9. The fourth-order valence-electron chi connectivity index (χ4n) is 4.05. The number of carbonyl (C=O) groups excluding carboxylic acids is 1. The fraction of sp³-hybridized carbons (Fsp3) is 0.458. The van der Waals surface area contributed by atoms with Crippen LogP contribution < -0.4 is 9.46 Å². The van der Waals surface area contributed by atoms with Crippen LogP contribution in [-0.4, -0.2) is 51.4 Å². The van der Waals surface area contributed by atoms with E-state index in [1.54, 1.807) is 12.1 Å². The Morgan fingerprint density at radius 1 is 1.10 bits per heavy atom. The van der Waals surface area contributed by atoms with Gasteiger partial charge >= 0.3 is 0 Å². The number of carbonyl (C=O) groups is 1. The maximum absolute atomic E-state index is 12.7. The number of nitrogens with one attached hydrogen (secondary N) is 1. The van der Waals surface area contributed by atoms with E-state index in [1.807, 2.05) is 43.3 Å². The molecule has 0 radical (unpaired) electrons. The molecular formula is C24H30N2O4S. The van der Waals surface area contributed by atoms with E-state index >= 15 is 0 Å². The number of sulfonamides is 1. The number of rotatable bonds is 10. The third-order valence-electron chi connectivity index (χ3n) is 5.95. The zero-order chi connectivity index (χ0) is 21.8. The van der Waals surface area contributed by atoms with Crippen LogP contribution in [0.25, 0.3) is 0 Å². The summed E-state index contributed by atoms with van der Waals surface area (Å²) in [7, 11) is -3.50. The van der Waals surface area contributed by atoms with Gasteiger partial charge in [0.15, 0.2) is 5.78 Å². The quantitative estimate of drug-likeness (QED) is 0.451. The fourth-order valence-corrected chi connectivity index (χ4v) is 5.56. The van der Waals surface area contributed by atoms with Gasteiger partial charge in [0, 0.05) is 30.6 Å². The van der Waals surface area contributed by atoms with Crippen LogP contribution in [-0.2, 0) is 10.0 Å². The molecule has 0 unspecified atom stereocenters. The molecule has 0 spiro atoms. The highest BCUT2D eigenvalue weighted by molar-refractivity contribution is 7.89. The van der Waals surface area contributed by atoms with E-state index in [1.165, 1.54) is 0 Å². The van der Waals surface area contributed by atoms with Crippen LogP contribution in [0.2, 0.25) is 0 Å². The molecule has 1 aliphatic heterocycles. The predicted molar refractivity (Wildman–Crippen MR) is 120 cm³/mol. The number of Topliss-reactive ketones (excluding diaryl/α,β-unsaturated/α-hetero) is 1. The maximum Gasteiger partial charge on any atom is 0.241 e. The molecular weight excluding hydrogens is 412 g/mol. The van der Waals surface area contributed by atoms with Crippen molar-refractivity contribution in [2.75, 3.05) is 26.2 Å². The monoisotopic (exact) mass is 442 g/mol. The number of likely N-dealkylation sites (tertiary alicyclic amines) is 1. The van der Waals surface area contributed by atoms with Crippen molar-refractivity contribution in [3.8, 4) is 5.75 Å².